The molecule has 5 heterocycles. The molecule has 11 heteroatoms. The standard InChI is InChI=1S/C31H33N7O3.ClH/c1-20-16-22(39)8-9-23(20)24-17-37(30-28(24)29(32-19-33-30)36-12-4-5-13-36)18-27(40)35-14-10-21(11-15-35)38-26-7-3-2-6-25(26)34-31(38)41;/h2-3,6-9,16-17,19,21,39H,4-5,10-15,18H2,1H3,(H,34,41);1H. The number of hydrogen-bond donors (Lipinski definition) is 2. The number of phenols is 1. The summed E-state index contributed by atoms with van der Waals surface area (Å²) in [5, 5.41) is 11.0. The van der Waals surface area contributed by atoms with Gasteiger partial charge in [-0.05, 0) is 68.0 Å². The average molecular weight is 588 g/mol. The van der Waals surface area contributed by atoms with Crippen LogP contribution in [-0.2, 0) is 11.3 Å². The Bertz CT molecular complexity index is 1830. The molecule has 218 valence electrons. The van der Waals surface area contributed by atoms with Gasteiger partial charge in [0.2, 0.25) is 5.91 Å². The van der Waals surface area contributed by atoms with Crippen LogP contribution in [0.3, 0.4) is 0 Å². The van der Waals surface area contributed by atoms with Crippen molar-refractivity contribution in [1.29, 1.82) is 0 Å². The highest BCUT2D eigenvalue weighted by atomic mass is 35.5. The molecule has 0 aliphatic carbocycles. The number of phenolic OH excluding ortho intramolecular Hbond substituents is 1. The Labute approximate surface area is 249 Å². The second-order valence-electron chi connectivity index (χ2n) is 11.2. The van der Waals surface area contributed by atoms with Gasteiger partial charge in [0.05, 0.1) is 16.4 Å². The number of para-hydroxylation sites is 2. The Morgan fingerprint density at radius 3 is 2.55 bits per heavy atom. The van der Waals surface area contributed by atoms with E-state index in [0.717, 1.165) is 83.3 Å². The molecule has 42 heavy (non-hydrogen) atoms. The summed E-state index contributed by atoms with van der Waals surface area (Å²) in [6, 6.07) is 13.2. The molecular weight excluding hydrogens is 554 g/mol. The maximum absolute atomic E-state index is 13.6. The van der Waals surface area contributed by atoms with E-state index in [1.165, 1.54) is 0 Å². The maximum atomic E-state index is 13.6. The monoisotopic (exact) mass is 587 g/mol. The number of aromatic amines is 1. The van der Waals surface area contributed by atoms with Gasteiger partial charge >= 0.3 is 5.69 Å². The third kappa shape index (κ3) is 4.79. The zero-order valence-corrected chi connectivity index (χ0v) is 24.3. The van der Waals surface area contributed by atoms with E-state index < -0.39 is 0 Å². The molecule has 7 rings (SSSR count). The van der Waals surface area contributed by atoms with Crippen LogP contribution in [0.5, 0.6) is 5.75 Å². The lowest BCUT2D eigenvalue weighted by atomic mass is 10.0. The highest BCUT2D eigenvalue weighted by molar-refractivity contribution is 6.02. The van der Waals surface area contributed by atoms with Crippen LogP contribution in [0.15, 0.2) is 59.8 Å². The molecule has 2 saturated heterocycles. The molecule has 2 aliphatic rings. The Balaban J connectivity index is 0.00000316. The molecule has 2 aliphatic heterocycles. The first-order valence-corrected chi connectivity index (χ1v) is 14.3. The van der Waals surface area contributed by atoms with E-state index >= 15 is 0 Å². The number of nitrogens with zero attached hydrogens (tertiary/aromatic N) is 6. The van der Waals surface area contributed by atoms with E-state index in [4.69, 9.17) is 4.98 Å². The van der Waals surface area contributed by atoms with Crippen LogP contribution in [0.2, 0.25) is 0 Å². The molecular formula is C31H34ClN7O3. The van der Waals surface area contributed by atoms with Crippen molar-refractivity contribution < 1.29 is 9.90 Å². The lowest BCUT2D eigenvalue weighted by Crippen LogP contribution is -2.41. The van der Waals surface area contributed by atoms with E-state index in [1.807, 2.05) is 57.5 Å². The van der Waals surface area contributed by atoms with Crippen LogP contribution in [0.4, 0.5) is 5.82 Å². The van der Waals surface area contributed by atoms with E-state index in [0.29, 0.717) is 13.1 Å². The number of nitrogens with one attached hydrogen (secondary N) is 1. The minimum atomic E-state index is -0.0969. The number of aryl methyl sites for hydroxylation is 1. The maximum Gasteiger partial charge on any atom is 0.326 e. The molecule has 2 fully saturated rings. The SMILES string of the molecule is Cc1cc(O)ccc1-c1cn(CC(=O)N2CCC(n3c(=O)[nH]c4ccccc43)CC2)c2ncnc(N3CCCC3)c12.Cl. The largest absolute Gasteiger partial charge is 0.508 e. The summed E-state index contributed by atoms with van der Waals surface area (Å²) in [6.45, 7) is 5.21. The number of H-pyrrole nitrogens is 1. The van der Waals surface area contributed by atoms with Crippen molar-refractivity contribution in [2.75, 3.05) is 31.1 Å². The van der Waals surface area contributed by atoms with Gasteiger partial charge in [-0.2, -0.15) is 0 Å². The number of aromatic nitrogens is 5. The zero-order valence-electron chi connectivity index (χ0n) is 23.5. The molecule has 0 radical (unpaired) electrons. The Kier molecular flexibility index (Phi) is 7.40. The average Bonchev–Trinajstić information content (AvgIpc) is 3.71. The number of carbonyl (C=O) groups excluding carboxylic acids is 1. The van der Waals surface area contributed by atoms with Crippen molar-refractivity contribution >= 4 is 46.2 Å². The Morgan fingerprint density at radius 1 is 1.02 bits per heavy atom. The van der Waals surface area contributed by atoms with E-state index in [1.54, 1.807) is 18.5 Å². The summed E-state index contributed by atoms with van der Waals surface area (Å²) in [6.07, 6.45) is 7.29. The zero-order chi connectivity index (χ0) is 28.1. The number of hydrogen-bond acceptors (Lipinski definition) is 6. The number of halogens is 1. The van der Waals surface area contributed by atoms with Crippen LogP contribution >= 0.6 is 12.4 Å². The summed E-state index contributed by atoms with van der Waals surface area (Å²) in [7, 11) is 0. The predicted octanol–water partition coefficient (Wildman–Crippen LogP) is 4.64. The molecule has 3 aromatic heterocycles. The van der Waals surface area contributed by atoms with Crippen LogP contribution < -0.4 is 10.6 Å². The Hall–Kier alpha value is -4.31. The highest BCUT2D eigenvalue weighted by Gasteiger charge is 2.28. The molecule has 0 atom stereocenters. The van der Waals surface area contributed by atoms with Gasteiger partial charge in [0.15, 0.2) is 0 Å². The van der Waals surface area contributed by atoms with Crippen LogP contribution in [0, 0.1) is 6.92 Å². The van der Waals surface area contributed by atoms with E-state index in [9.17, 15) is 14.7 Å². The number of aromatic hydroxyl groups is 1. The van der Waals surface area contributed by atoms with Crippen LogP contribution in [0.1, 0.15) is 37.3 Å². The third-order valence-electron chi connectivity index (χ3n) is 8.65. The molecule has 10 nitrogen and oxygen atoms in total. The number of rotatable bonds is 5. The minimum absolute atomic E-state index is 0. The minimum Gasteiger partial charge on any atom is -0.508 e. The van der Waals surface area contributed by atoms with Gasteiger partial charge in [-0.1, -0.05) is 18.2 Å². The van der Waals surface area contributed by atoms with Gasteiger partial charge in [-0.25, -0.2) is 14.8 Å². The molecule has 2 N–H and O–H groups in total. The molecule has 2 aromatic carbocycles. The van der Waals surface area contributed by atoms with Crippen molar-refractivity contribution in [3.05, 3.63) is 71.0 Å². The third-order valence-corrected chi connectivity index (χ3v) is 8.65. The van der Waals surface area contributed by atoms with Gasteiger partial charge in [-0.3, -0.25) is 9.36 Å². The molecule has 0 spiro atoms. The number of amides is 1. The van der Waals surface area contributed by atoms with Gasteiger partial charge in [0, 0.05) is 44.0 Å². The highest BCUT2D eigenvalue weighted by Crippen LogP contribution is 2.38. The van der Waals surface area contributed by atoms with Crippen LogP contribution in [0.25, 0.3) is 33.2 Å². The van der Waals surface area contributed by atoms with E-state index in [2.05, 4.69) is 14.9 Å². The summed E-state index contributed by atoms with van der Waals surface area (Å²) in [4.78, 5) is 42.8. The smallest absolute Gasteiger partial charge is 0.326 e. The Morgan fingerprint density at radius 2 is 1.79 bits per heavy atom. The fourth-order valence-corrected chi connectivity index (χ4v) is 6.61. The predicted molar refractivity (Wildman–Crippen MR) is 165 cm³/mol. The quantitative estimate of drug-likeness (QED) is 0.310. The number of fused-ring (bicyclic) bond motifs is 2. The van der Waals surface area contributed by atoms with Gasteiger partial charge in [-0.15, -0.1) is 12.4 Å². The number of anilines is 1. The summed E-state index contributed by atoms with van der Waals surface area (Å²) < 4.78 is 3.79. The summed E-state index contributed by atoms with van der Waals surface area (Å²) in [5.74, 6) is 1.15. The number of piperidine rings is 1. The normalized spacial score (nSPS) is 15.9. The van der Waals surface area contributed by atoms with Crippen molar-refractivity contribution in [3.8, 4) is 16.9 Å². The number of likely N-dealkylation sites (tertiary alicyclic amines) is 1. The fraction of sp³-hybridized carbons (Fsp3) is 0.355. The van der Waals surface area contributed by atoms with Gasteiger partial charge in [0.25, 0.3) is 0 Å². The van der Waals surface area contributed by atoms with Crippen LogP contribution in [-0.4, -0.2) is 66.2 Å². The summed E-state index contributed by atoms with van der Waals surface area (Å²) in [5.41, 5.74) is 5.28. The molecule has 0 bridgehead atoms. The number of benzene rings is 2. The lowest BCUT2D eigenvalue weighted by molar-refractivity contribution is -0.133. The first-order chi connectivity index (χ1) is 20.0. The van der Waals surface area contributed by atoms with Crippen molar-refractivity contribution in [3.63, 3.8) is 0 Å². The second-order valence-corrected chi connectivity index (χ2v) is 11.2. The number of carbonyl (C=O) groups is 1. The number of imidazole rings is 1. The lowest BCUT2D eigenvalue weighted by Gasteiger charge is -2.32. The molecule has 1 amide bonds. The molecule has 0 unspecified atom stereocenters. The second kappa shape index (κ2) is 11.2. The topological polar surface area (TPSA) is 112 Å². The van der Waals surface area contributed by atoms with Gasteiger partial charge in [0.1, 0.15) is 30.1 Å². The first-order valence-electron chi connectivity index (χ1n) is 14.3. The van der Waals surface area contributed by atoms with E-state index in [-0.39, 0.29) is 42.3 Å². The van der Waals surface area contributed by atoms with Gasteiger partial charge < -0.3 is 24.5 Å². The van der Waals surface area contributed by atoms with Crippen molar-refractivity contribution in [2.45, 2.75) is 45.2 Å². The first kappa shape index (κ1) is 27.8. The molecule has 5 aromatic rings. The fourth-order valence-electron chi connectivity index (χ4n) is 6.61. The van der Waals surface area contributed by atoms with Crippen molar-refractivity contribution in [2.24, 2.45) is 0 Å². The summed E-state index contributed by atoms with van der Waals surface area (Å²) >= 11 is 0. The van der Waals surface area contributed by atoms with Crippen molar-refractivity contribution in [1.82, 2.24) is 29.0 Å². The molecule has 0 saturated carbocycles.